The van der Waals surface area contributed by atoms with Crippen LogP contribution in [0, 0.1) is 28.1 Å². The minimum atomic E-state index is -3.32. The summed E-state index contributed by atoms with van der Waals surface area (Å²) in [7, 11) is -1.71. The third-order valence-corrected chi connectivity index (χ3v) is 6.93. The van der Waals surface area contributed by atoms with E-state index < -0.39 is 20.6 Å². The summed E-state index contributed by atoms with van der Waals surface area (Å²) in [6.07, 6.45) is -0.254. The van der Waals surface area contributed by atoms with Gasteiger partial charge >= 0.3 is 15.2 Å². The van der Waals surface area contributed by atoms with E-state index in [4.69, 9.17) is 18.1 Å². The molecule has 0 heterocycles. The molecule has 0 fully saturated rings. The maximum atomic E-state index is 12.0. The molecule has 0 N–H and O–H groups in total. The van der Waals surface area contributed by atoms with Crippen LogP contribution in [0.5, 0.6) is 0 Å². The van der Waals surface area contributed by atoms with Gasteiger partial charge < -0.3 is 18.1 Å². The molecule has 0 saturated carbocycles. The summed E-state index contributed by atoms with van der Waals surface area (Å²) in [5.41, 5.74) is -1.46. The Morgan fingerprint density at radius 1 is 0.810 bits per heavy atom. The van der Waals surface area contributed by atoms with Gasteiger partial charge in [-0.15, -0.1) is 0 Å². The van der Waals surface area contributed by atoms with Crippen molar-refractivity contribution in [3.63, 3.8) is 0 Å². The lowest BCUT2D eigenvalue weighted by molar-refractivity contribution is 0.267. The first-order valence-electron chi connectivity index (χ1n) is 6.02. The maximum Gasteiger partial charge on any atom is 0.330 e. The Hall–Kier alpha value is -0.720. The Balaban J connectivity index is 4.97. The summed E-state index contributed by atoms with van der Waals surface area (Å²) in [5.74, 6) is 0. The predicted octanol–water partition coefficient (Wildman–Crippen LogP) is 2.77. The van der Waals surface area contributed by atoms with Crippen molar-refractivity contribution < 1.29 is 27.2 Å². The van der Waals surface area contributed by atoms with Crippen LogP contribution < -0.4 is 0 Å². The van der Waals surface area contributed by atoms with Gasteiger partial charge in [0.2, 0.25) is 0 Å². The molecule has 0 aromatic carbocycles. The molecule has 0 unspecified atom stereocenters. The third-order valence-electron chi connectivity index (χ3n) is 3.17. The first-order valence-corrected chi connectivity index (χ1v) is 9.47. The Morgan fingerprint density at radius 3 is 1.29 bits per heavy atom. The predicted molar refractivity (Wildman–Crippen MR) is 75.9 cm³/mol. The van der Waals surface area contributed by atoms with E-state index in [9.17, 15) is 19.7 Å². The molecule has 8 nitrogen and oxygen atoms in total. The van der Waals surface area contributed by atoms with Crippen molar-refractivity contribution in [1.82, 2.24) is 0 Å². The van der Waals surface area contributed by atoms with Crippen molar-refractivity contribution in [1.29, 1.82) is 10.5 Å². The monoisotopic (exact) mass is 338 g/mol. The van der Waals surface area contributed by atoms with Gasteiger partial charge in [-0.1, -0.05) is 0 Å². The van der Waals surface area contributed by atoms with E-state index in [1.165, 1.54) is 28.4 Å². The molecular weight excluding hydrogens is 318 g/mol. The van der Waals surface area contributed by atoms with Gasteiger partial charge in [0.1, 0.15) is 5.41 Å². The molecule has 0 aliphatic carbocycles. The lowest BCUT2D eigenvalue weighted by Crippen LogP contribution is -2.20. The molecule has 0 aliphatic heterocycles. The van der Waals surface area contributed by atoms with Gasteiger partial charge in [-0.25, -0.2) is 0 Å². The Bertz CT molecular complexity index is 448. The number of hydrogen-bond acceptors (Lipinski definition) is 8. The van der Waals surface area contributed by atoms with E-state index in [2.05, 4.69) is 0 Å². The van der Waals surface area contributed by atoms with Crippen molar-refractivity contribution >= 4 is 15.2 Å². The smallest absolute Gasteiger partial charge is 0.312 e. The number of hydrogen-bond donors (Lipinski definition) is 0. The third kappa shape index (κ3) is 5.88. The van der Waals surface area contributed by atoms with Gasteiger partial charge in [-0.3, -0.25) is 9.13 Å². The number of nitrogens with zero attached hydrogens (tertiary/aromatic N) is 2. The normalized spacial score (nSPS) is 12.7. The van der Waals surface area contributed by atoms with E-state index in [0.29, 0.717) is 0 Å². The molecule has 0 amide bonds. The van der Waals surface area contributed by atoms with E-state index in [-0.39, 0.29) is 25.2 Å². The fraction of sp³-hybridized carbons (Fsp3) is 0.818. The standard InChI is InChI=1S/C11H20N2O6P2/c1-16-20(14,17-2)7-5-11(9-12,10-13)6-8-21(15,18-3)19-4/h5-8H2,1-4H3. The summed E-state index contributed by atoms with van der Waals surface area (Å²) in [6, 6.07) is 3.76. The molecule has 0 aromatic rings. The molecule has 0 bridgehead atoms. The topological polar surface area (TPSA) is 119 Å². The highest BCUT2D eigenvalue weighted by Crippen LogP contribution is 2.52. The van der Waals surface area contributed by atoms with Gasteiger partial charge in [-0.2, -0.15) is 10.5 Å². The molecule has 0 spiro atoms. The van der Waals surface area contributed by atoms with E-state index in [0.717, 1.165) is 0 Å². The zero-order valence-corrected chi connectivity index (χ0v) is 14.4. The van der Waals surface area contributed by atoms with Crippen molar-refractivity contribution in [2.24, 2.45) is 5.41 Å². The van der Waals surface area contributed by atoms with Gasteiger partial charge in [-0.05, 0) is 12.8 Å². The second-order valence-corrected chi connectivity index (χ2v) is 9.00. The lowest BCUT2D eigenvalue weighted by atomic mass is 9.86. The van der Waals surface area contributed by atoms with Gasteiger partial charge in [0, 0.05) is 28.4 Å². The SMILES string of the molecule is COP(=O)(CCC(C#N)(C#N)CCP(=O)(OC)OC)OC. The summed E-state index contributed by atoms with van der Waals surface area (Å²) in [4.78, 5) is 0. The van der Waals surface area contributed by atoms with E-state index >= 15 is 0 Å². The molecule has 120 valence electrons. The minimum Gasteiger partial charge on any atom is -0.312 e. The summed E-state index contributed by atoms with van der Waals surface area (Å²) in [5, 5.41) is 18.5. The molecule has 0 rings (SSSR count). The second-order valence-electron chi connectivity index (χ2n) is 4.21. The summed E-state index contributed by atoms with van der Waals surface area (Å²) >= 11 is 0. The molecule has 10 heteroatoms. The average Bonchev–Trinajstić information content (AvgIpc) is 2.55. The number of rotatable bonds is 10. The Labute approximate surface area is 125 Å². The first kappa shape index (κ1) is 20.3. The van der Waals surface area contributed by atoms with Crippen LogP contribution in [0.15, 0.2) is 0 Å². The van der Waals surface area contributed by atoms with Crippen LogP contribution >= 0.6 is 15.2 Å². The van der Waals surface area contributed by atoms with Crippen molar-refractivity contribution in [2.75, 3.05) is 40.8 Å². The van der Waals surface area contributed by atoms with Crippen molar-refractivity contribution in [2.45, 2.75) is 12.8 Å². The Morgan fingerprint density at radius 2 is 1.10 bits per heavy atom. The second kappa shape index (κ2) is 8.66. The van der Waals surface area contributed by atoms with Crippen LogP contribution in [0.4, 0.5) is 0 Å². The largest absolute Gasteiger partial charge is 0.330 e. The molecule has 0 radical (unpaired) electrons. The molecule has 0 atom stereocenters. The highest BCUT2D eigenvalue weighted by molar-refractivity contribution is 7.54. The average molecular weight is 338 g/mol. The minimum absolute atomic E-state index is 0.0353. The fourth-order valence-corrected chi connectivity index (χ4v) is 3.88. The van der Waals surface area contributed by atoms with Crippen LogP contribution in [-0.2, 0) is 27.2 Å². The summed E-state index contributed by atoms with van der Waals surface area (Å²) < 4.78 is 43.0. The Kier molecular flexibility index (Phi) is 8.36. The van der Waals surface area contributed by atoms with Gasteiger partial charge in [0.25, 0.3) is 0 Å². The van der Waals surface area contributed by atoms with E-state index in [1.807, 2.05) is 12.1 Å². The van der Waals surface area contributed by atoms with Crippen LogP contribution in [-0.4, -0.2) is 40.8 Å². The first-order chi connectivity index (χ1) is 9.78. The van der Waals surface area contributed by atoms with E-state index in [1.54, 1.807) is 0 Å². The fourth-order valence-electron chi connectivity index (χ4n) is 1.54. The highest BCUT2D eigenvalue weighted by Gasteiger charge is 2.37. The maximum absolute atomic E-state index is 12.0. The molecule has 21 heavy (non-hydrogen) atoms. The molecule has 0 aliphatic rings. The van der Waals surface area contributed by atoms with Gasteiger partial charge in [0.15, 0.2) is 0 Å². The zero-order chi connectivity index (χ0) is 16.6. The molecule has 0 aromatic heterocycles. The number of nitriles is 2. The van der Waals surface area contributed by atoms with Crippen LogP contribution in [0.25, 0.3) is 0 Å². The van der Waals surface area contributed by atoms with Crippen molar-refractivity contribution in [3.8, 4) is 12.1 Å². The molecular formula is C11H20N2O6P2. The van der Waals surface area contributed by atoms with Crippen LogP contribution in [0.2, 0.25) is 0 Å². The zero-order valence-electron chi connectivity index (χ0n) is 12.6. The highest BCUT2D eigenvalue weighted by atomic mass is 31.2. The van der Waals surface area contributed by atoms with Crippen LogP contribution in [0.1, 0.15) is 12.8 Å². The summed E-state index contributed by atoms with van der Waals surface area (Å²) in [6.45, 7) is 0. The molecule has 0 saturated heterocycles. The lowest BCUT2D eigenvalue weighted by Gasteiger charge is -2.22. The van der Waals surface area contributed by atoms with Crippen LogP contribution in [0.3, 0.4) is 0 Å². The quantitative estimate of drug-likeness (QED) is 0.558. The van der Waals surface area contributed by atoms with Gasteiger partial charge in [0.05, 0.1) is 24.5 Å². The van der Waals surface area contributed by atoms with Crippen molar-refractivity contribution in [3.05, 3.63) is 0 Å².